The van der Waals surface area contributed by atoms with E-state index in [0.29, 0.717) is 37.5 Å². The molecule has 2 aliphatic heterocycles. The maximum absolute atomic E-state index is 12.7. The zero-order chi connectivity index (χ0) is 19.7. The molecule has 0 radical (unpaired) electrons. The lowest BCUT2D eigenvalue weighted by molar-refractivity contribution is 0.0530. The maximum Gasteiger partial charge on any atom is 0.492 e. The van der Waals surface area contributed by atoms with Gasteiger partial charge in [-0.25, -0.2) is 9.97 Å². The third-order valence-electron chi connectivity index (χ3n) is 5.08. The molecule has 0 spiro atoms. The Hall–Kier alpha value is -2.24. The van der Waals surface area contributed by atoms with Gasteiger partial charge in [-0.2, -0.15) is 0 Å². The van der Waals surface area contributed by atoms with Gasteiger partial charge in [-0.15, -0.1) is 12.4 Å². The number of piperazine rings is 1. The lowest BCUT2D eigenvalue weighted by Crippen LogP contribution is -2.55. The van der Waals surface area contributed by atoms with Gasteiger partial charge in [-0.05, 0) is 29.6 Å². The number of carbonyl (C=O) groups excluding carboxylic acids is 1. The van der Waals surface area contributed by atoms with Crippen LogP contribution in [0.4, 0.5) is 0 Å². The minimum atomic E-state index is -0.955. The number of aliphatic hydroxyl groups is 1. The zero-order valence-electron chi connectivity index (χ0n) is 15.9. The number of nitrogens with one attached hydrogen (secondary N) is 1. The number of aliphatic hydroxyl groups excluding tert-OH is 1. The van der Waals surface area contributed by atoms with Gasteiger partial charge in [0, 0.05) is 19.6 Å². The Morgan fingerprint density at radius 2 is 2.24 bits per heavy atom. The topological polar surface area (TPSA) is 117 Å². The molecule has 1 amide bonds. The molecular weight excluding hydrogens is 398 g/mol. The first-order valence-electron chi connectivity index (χ1n) is 9.13. The molecule has 0 unspecified atom stereocenters. The molecule has 2 aliphatic rings. The van der Waals surface area contributed by atoms with Gasteiger partial charge >= 0.3 is 7.12 Å². The van der Waals surface area contributed by atoms with Gasteiger partial charge in [0.05, 0.1) is 31.6 Å². The number of fused-ring (bicyclic) bond motifs is 1. The van der Waals surface area contributed by atoms with Gasteiger partial charge in [-0.1, -0.05) is 6.07 Å². The number of hydrogen-bond acceptors (Lipinski definition) is 8. The third-order valence-corrected chi connectivity index (χ3v) is 5.08. The van der Waals surface area contributed by atoms with Crippen LogP contribution in [0.5, 0.6) is 11.6 Å². The van der Waals surface area contributed by atoms with Crippen LogP contribution < -0.4 is 15.5 Å². The molecule has 3 heterocycles. The summed E-state index contributed by atoms with van der Waals surface area (Å²) in [6.45, 7) is 3.82. The van der Waals surface area contributed by atoms with E-state index >= 15 is 0 Å². The van der Waals surface area contributed by atoms with E-state index < -0.39 is 7.12 Å². The predicted molar refractivity (Wildman–Crippen MR) is 108 cm³/mol. The molecule has 4 rings (SSSR count). The van der Waals surface area contributed by atoms with Crippen molar-refractivity contribution in [3.63, 3.8) is 0 Å². The minimum Gasteiger partial charge on any atom is -0.437 e. The summed E-state index contributed by atoms with van der Waals surface area (Å²) in [5.74, 6) is 0.514. The minimum absolute atomic E-state index is 0. The molecule has 3 N–H and O–H groups in total. The van der Waals surface area contributed by atoms with E-state index in [4.69, 9.17) is 9.39 Å². The SMILES string of the molecule is Cc1c(Oc2cnc(C(=O)N3CCNC[C@@H]3CO)cn2)ccc2c1B(O)OC2.Cl. The van der Waals surface area contributed by atoms with E-state index in [9.17, 15) is 14.9 Å². The highest BCUT2D eigenvalue weighted by Crippen LogP contribution is 2.25. The molecule has 9 nitrogen and oxygen atoms in total. The van der Waals surface area contributed by atoms with Gasteiger partial charge < -0.3 is 29.7 Å². The van der Waals surface area contributed by atoms with Crippen molar-refractivity contribution < 1.29 is 24.3 Å². The summed E-state index contributed by atoms with van der Waals surface area (Å²) in [6.07, 6.45) is 2.76. The van der Waals surface area contributed by atoms with Crippen LogP contribution in [0.15, 0.2) is 24.5 Å². The van der Waals surface area contributed by atoms with E-state index in [1.165, 1.54) is 12.4 Å². The summed E-state index contributed by atoms with van der Waals surface area (Å²) in [4.78, 5) is 22.6. The first-order valence-corrected chi connectivity index (χ1v) is 9.13. The largest absolute Gasteiger partial charge is 0.492 e. The summed E-state index contributed by atoms with van der Waals surface area (Å²) in [5, 5.41) is 22.6. The van der Waals surface area contributed by atoms with Crippen molar-refractivity contribution in [3.05, 3.63) is 41.3 Å². The highest BCUT2D eigenvalue weighted by Gasteiger charge is 2.31. The van der Waals surface area contributed by atoms with Crippen molar-refractivity contribution in [2.75, 3.05) is 26.2 Å². The monoisotopic (exact) mass is 420 g/mol. The fourth-order valence-corrected chi connectivity index (χ4v) is 3.53. The molecule has 0 saturated carbocycles. The number of aromatic nitrogens is 2. The number of amides is 1. The fraction of sp³-hybridized carbons (Fsp3) is 0.389. The average molecular weight is 421 g/mol. The van der Waals surface area contributed by atoms with Crippen molar-refractivity contribution in [2.45, 2.75) is 19.6 Å². The van der Waals surface area contributed by atoms with Crippen LogP contribution in [0.3, 0.4) is 0 Å². The smallest absolute Gasteiger partial charge is 0.437 e. The fourth-order valence-electron chi connectivity index (χ4n) is 3.53. The molecule has 1 aromatic heterocycles. The molecule has 1 saturated heterocycles. The highest BCUT2D eigenvalue weighted by molar-refractivity contribution is 6.62. The van der Waals surface area contributed by atoms with Crippen LogP contribution in [0.25, 0.3) is 0 Å². The lowest BCUT2D eigenvalue weighted by Gasteiger charge is -2.34. The van der Waals surface area contributed by atoms with Crippen molar-refractivity contribution in [1.82, 2.24) is 20.2 Å². The van der Waals surface area contributed by atoms with Gasteiger partial charge in [0.15, 0.2) is 0 Å². The molecule has 154 valence electrons. The number of carbonyl (C=O) groups is 1. The second-order valence-corrected chi connectivity index (χ2v) is 6.81. The van der Waals surface area contributed by atoms with Crippen LogP contribution in [-0.4, -0.2) is 70.3 Å². The maximum atomic E-state index is 12.7. The highest BCUT2D eigenvalue weighted by atomic mass is 35.5. The van der Waals surface area contributed by atoms with Gasteiger partial charge in [0.2, 0.25) is 5.88 Å². The predicted octanol–water partition coefficient (Wildman–Crippen LogP) is -0.377. The second kappa shape index (κ2) is 9.06. The number of rotatable bonds is 4. The van der Waals surface area contributed by atoms with Crippen LogP contribution in [0, 0.1) is 6.92 Å². The van der Waals surface area contributed by atoms with Crippen LogP contribution in [0.1, 0.15) is 21.6 Å². The molecule has 1 aromatic carbocycles. The normalized spacial score (nSPS) is 18.2. The second-order valence-electron chi connectivity index (χ2n) is 6.81. The average Bonchev–Trinajstić information content (AvgIpc) is 3.11. The molecule has 0 aliphatic carbocycles. The zero-order valence-corrected chi connectivity index (χ0v) is 16.7. The summed E-state index contributed by atoms with van der Waals surface area (Å²) in [5.41, 5.74) is 2.61. The first kappa shape index (κ1) is 21.5. The standard InChI is InChI=1S/C18H21BN4O5.ClH/c1-11-15(3-2-12-10-27-19(26)17(11)12)28-16-8-21-14(7-22-16)18(25)23-5-4-20-6-13(23)9-24;/h2-3,7-8,13,20,24,26H,4-6,9-10H2,1H3;1H/t13-;/m1./s1. The third kappa shape index (κ3) is 4.21. The Morgan fingerprint density at radius 1 is 1.41 bits per heavy atom. The molecule has 1 fully saturated rings. The van der Waals surface area contributed by atoms with Gasteiger partial charge in [0.25, 0.3) is 5.91 Å². The van der Waals surface area contributed by atoms with E-state index in [1.807, 2.05) is 13.0 Å². The van der Waals surface area contributed by atoms with Crippen molar-refractivity contribution in [3.8, 4) is 11.6 Å². The van der Waals surface area contributed by atoms with Gasteiger partial charge in [0.1, 0.15) is 11.4 Å². The molecular formula is C18H22BClN4O5. The van der Waals surface area contributed by atoms with E-state index in [1.54, 1.807) is 11.0 Å². The number of ether oxygens (including phenoxy) is 1. The molecule has 0 bridgehead atoms. The summed E-state index contributed by atoms with van der Waals surface area (Å²) >= 11 is 0. The first-order chi connectivity index (χ1) is 13.6. The quantitative estimate of drug-likeness (QED) is 0.573. The lowest BCUT2D eigenvalue weighted by atomic mass is 9.76. The number of nitrogens with zero attached hydrogens (tertiary/aromatic N) is 3. The molecule has 11 heteroatoms. The van der Waals surface area contributed by atoms with Crippen molar-refractivity contribution >= 4 is 30.9 Å². The Balaban J connectivity index is 0.00000240. The van der Waals surface area contributed by atoms with Gasteiger partial charge in [-0.3, -0.25) is 4.79 Å². The summed E-state index contributed by atoms with van der Waals surface area (Å²) in [6, 6.07) is 3.36. The Bertz CT molecular complexity index is 885. The molecule has 2 aromatic rings. The van der Waals surface area contributed by atoms with Crippen LogP contribution >= 0.6 is 12.4 Å². The van der Waals surface area contributed by atoms with Crippen LogP contribution in [-0.2, 0) is 11.3 Å². The Morgan fingerprint density at radius 3 is 2.97 bits per heavy atom. The number of halogens is 1. The van der Waals surface area contributed by atoms with Crippen LogP contribution in [0.2, 0.25) is 0 Å². The number of benzene rings is 1. The summed E-state index contributed by atoms with van der Waals surface area (Å²) < 4.78 is 11.0. The summed E-state index contributed by atoms with van der Waals surface area (Å²) in [7, 11) is -0.955. The number of hydrogen-bond donors (Lipinski definition) is 3. The molecule has 29 heavy (non-hydrogen) atoms. The van der Waals surface area contributed by atoms with E-state index in [0.717, 1.165) is 11.1 Å². The Kier molecular flexibility index (Phi) is 6.71. The van der Waals surface area contributed by atoms with Crippen molar-refractivity contribution in [1.29, 1.82) is 0 Å². The van der Waals surface area contributed by atoms with Crippen molar-refractivity contribution in [2.24, 2.45) is 0 Å². The Labute approximate surface area is 174 Å². The molecule has 1 atom stereocenters. The van der Waals surface area contributed by atoms with E-state index in [2.05, 4.69) is 15.3 Å². The van der Waals surface area contributed by atoms with E-state index in [-0.39, 0.29) is 42.5 Å².